The molecule has 2 rings (SSSR count). The van der Waals surface area contributed by atoms with E-state index >= 15 is 0 Å². The van der Waals surface area contributed by atoms with Crippen molar-refractivity contribution in [1.29, 1.82) is 5.41 Å². The van der Waals surface area contributed by atoms with Crippen molar-refractivity contribution in [2.75, 3.05) is 14.2 Å². The molecule has 0 heterocycles. The molecule has 0 aliphatic heterocycles. The van der Waals surface area contributed by atoms with Gasteiger partial charge in [-0.25, -0.2) is 8.42 Å². The zero-order chi connectivity index (χ0) is 22.9. The fourth-order valence-electron chi connectivity index (χ4n) is 2.66. The summed E-state index contributed by atoms with van der Waals surface area (Å²) in [6.07, 6.45) is 4.37. The molecule has 31 heavy (non-hydrogen) atoms. The topological polar surface area (TPSA) is 91.7 Å². The van der Waals surface area contributed by atoms with E-state index in [0.29, 0.717) is 11.5 Å². The van der Waals surface area contributed by atoms with Crippen molar-refractivity contribution in [1.82, 2.24) is 9.62 Å². The van der Waals surface area contributed by atoms with Crippen LogP contribution in [0.4, 0.5) is 0 Å². The van der Waals surface area contributed by atoms with E-state index in [1.165, 1.54) is 16.6 Å². The number of hydrogen-bond acceptors (Lipinski definition) is 6. The predicted molar refractivity (Wildman–Crippen MR) is 124 cm³/mol. The van der Waals surface area contributed by atoms with Crippen molar-refractivity contribution in [2.24, 2.45) is 0 Å². The summed E-state index contributed by atoms with van der Waals surface area (Å²) in [7, 11) is -0.884. The Morgan fingerprint density at radius 3 is 1.87 bits per heavy atom. The van der Waals surface area contributed by atoms with Crippen molar-refractivity contribution >= 4 is 15.1 Å². The Kier molecular flexibility index (Phi) is 8.84. The van der Waals surface area contributed by atoms with Crippen LogP contribution in [0.5, 0.6) is 11.5 Å². The molecule has 0 fully saturated rings. The molecule has 2 aromatic rings. The molecule has 0 saturated carbocycles. The SMILES string of the molecule is C=CC(C)N/C=C\C(=N)S(=O)(=O)N(Cc1ccc(OC)cc1)Cc1ccc(OC)cc1. The Balaban J connectivity index is 2.28. The molecule has 1 atom stereocenters. The van der Waals surface area contributed by atoms with Gasteiger partial charge in [-0.15, -0.1) is 6.58 Å². The molecular weight excluding hydrogens is 414 g/mol. The summed E-state index contributed by atoms with van der Waals surface area (Å²) in [4.78, 5) is 0. The number of sulfonamides is 1. The third-order valence-electron chi connectivity index (χ3n) is 4.60. The van der Waals surface area contributed by atoms with Crippen molar-refractivity contribution in [3.8, 4) is 11.5 Å². The lowest BCUT2D eigenvalue weighted by Gasteiger charge is -2.22. The van der Waals surface area contributed by atoms with Crippen LogP contribution in [0, 0.1) is 5.41 Å². The number of nitrogens with zero attached hydrogens (tertiary/aromatic N) is 1. The quantitative estimate of drug-likeness (QED) is 0.314. The maximum atomic E-state index is 13.2. The van der Waals surface area contributed by atoms with Gasteiger partial charge in [0, 0.05) is 19.1 Å². The number of nitrogens with one attached hydrogen (secondary N) is 2. The highest BCUT2D eigenvalue weighted by Gasteiger charge is 2.26. The van der Waals surface area contributed by atoms with Crippen molar-refractivity contribution in [2.45, 2.75) is 26.1 Å². The van der Waals surface area contributed by atoms with Gasteiger partial charge in [0.25, 0.3) is 10.0 Å². The largest absolute Gasteiger partial charge is 0.497 e. The molecule has 0 aromatic heterocycles. The molecule has 0 amide bonds. The fourth-order valence-corrected chi connectivity index (χ4v) is 3.82. The summed E-state index contributed by atoms with van der Waals surface area (Å²) < 4.78 is 38.0. The summed E-state index contributed by atoms with van der Waals surface area (Å²) in [5.74, 6) is 1.37. The Morgan fingerprint density at radius 2 is 1.48 bits per heavy atom. The van der Waals surface area contributed by atoms with Gasteiger partial charge in [-0.1, -0.05) is 30.3 Å². The monoisotopic (exact) mass is 443 g/mol. The van der Waals surface area contributed by atoms with E-state index in [2.05, 4.69) is 11.9 Å². The van der Waals surface area contributed by atoms with Crippen molar-refractivity contribution in [3.05, 3.63) is 84.6 Å². The van der Waals surface area contributed by atoms with E-state index in [0.717, 1.165) is 11.1 Å². The fraction of sp³-hybridized carbons (Fsp3) is 0.261. The van der Waals surface area contributed by atoms with Crippen molar-refractivity contribution in [3.63, 3.8) is 0 Å². The summed E-state index contributed by atoms with van der Waals surface area (Å²) in [6.45, 7) is 5.76. The van der Waals surface area contributed by atoms with E-state index < -0.39 is 15.1 Å². The Bertz CT molecular complexity index is 951. The lowest BCUT2D eigenvalue weighted by atomic mass is 10.2. The molecule has 1 unspecified atom stereocenters. The molecule has 7 nitrogen and oxygen atoms in total. The third kappa shape index (κ3) is 6.97. The summed E-state index contributed by atoms with van der Waals surface area (Å²) >= 11 is 0. The van der Waals surface area contributed by atoms with Crippen LogP contribution in [0.25, 0.3) is 0 Å². The lowest BCUT2D eigenvalue weighted by Crippen LogP contribution is -2.34. The molecule has 0 aliphatic carbocycles. The summed E-state index contributed by atoms with van der Waals surface area (Å²) in [5.41, 5.74) is 1.57. The number of ether oxygens (including phenoxy) is 2. The van der Waals surface area contributed by atoms with Crippen LogP contribution in [-0.2, 0) is 23.1 Å². The van der Waals surface area contributed by atoms with Gasteiger partial charge in [-0.2, -0.15) is 4.31 Å². The first-order chi connectivity index (χ1) is 14.8. The van der Waals surface area contributed by atoms with Gasteiger partial charge in [0.05, 0.1) is 14.2 Å². The highest BCUT2D eigenvalue weighted by atomic mass is 32.2. The standard InChI is InChI=1S/C23H29N3O4S/c1-5-18(2)25-15-14-23(24)31(27,28)26(16-19-6-10-21(29-3)11-7-19)17-20-8-12-22(30-4)13-9-20/h5-15,18,24-25H,1,16-17H2,2-4H3/b15-14-,24-23?. The van der Waals surface area contributed by atoms with Crippen LogP contribution in [0.3, 0.4) is 0 Å². The Labute approximate surface area is 184 Å². The molecule has 0 radical (unpaired) electrons. The van der Waals surface area contributed by atoms with Gasteiger partial charge in [-0.3, -0.25) is 5.41 Å². The molecular formula is C23H29N3O4S. The number of methoxy groups -OCH3 is 2. The normalized spacial score (nSPS) is 12.5. The minimum absolute atomic E-state index is 0.0403. The van der Waals surface area contributed by atoms with E-state index in [4.69, 9.17) is 14.9 Å². The predicted octanol–water partition coefficient (Wildman–Crippen LogP) is 3.69. The second-order valence-corrected chi connectivity index (χ2v) is 8.76. The second-order valence-electron chi connectivity index (χ2n) is 6.86. The second kappa shape index (κ2) is 11.3. The van der Waals surface area contributed by atoms with Gasteiger partial charge >= 0.3 is 0 Å². The first-order valence-corrected chi connectivity index (χ1v) is 11.1. The van der Waals surface area contributed by atoms with E-state index in [-0.39, 0.29) is 19.1 Å². The van der Waals surface area contributed by atoms with Crippen LogP contribution in [0.2, 0.25) is 0 Å². The maximum absolute atomic E-state index is 13.2. The molecule has 166 valence electrons. The molecule has 2 aromatic carbocycles. The average Bonchev–Trinajstić information content (AvgIpc) is 2.79. The average molecular weight is 444 g/mol. The molecule has 0 saturated heterocycles. The van der Waals surface area contributed by atoms with Crippen molar-refractivity contribution < 1.29 is 17.9 Å². The minimum Gasteiger partial charge on any atom is -0.497 e. The third-order valence-corrected chi connectivity index (χ3v) is 6.23. The number of rotatable bonds is 11. The van der Waals surface area contributed by atoms with Gasteiger partial charge in [0.2, 0.25) is 0 Å². The molecule has 8 heteroatoms. The molecule has 0 spiro atoms. The van der Waals surface area contributed by atoms with Gasteiger partial charge < -0.3 is 14.8 Å². The Morgan fingerprint density at radius 1 is 1.03 bits per heavy atom. The van der Waals surface area contributed by atoms with E-state index in [1.54, 1.807) is 44.6 Å². The van der Waals surface area contributed by atoms with E-state index in [9.17, 15) is 8.42 Å². The van der Waals surface area contributed by atoms with Crippen LogP contribution in [-0.4, -0.2) is 38.0 Å². The first kappa shape index (κ1) is 24.2. The lowest BCUT2D eigenvalue weighted by molar-refractivity contribution is 0.404. The smallest absolute Gasteiger partial charge is 0.260 e. The van der Waals surface area contributed by atoms with Gasteiger partial charge in [-0.05, 0) is 54.6 Å². The summed E-state index contributed by atoms with van der Waals surface area (Å²) in [6, 6.07) is 14.3. The van der Waals surface area contributed by atoms with Crippen LogP contribution >= 0.6 is 0 Å². The zero-order valence-corrected chi connectivity index (χ0v) is 18.9. The van der Waals surface area contributed by atoms with Crippen LogP contribution < -0.4 is 14.8 Å². The zero-order valence-electron chi connectivity index (χ0n) is 18.0. The number of hydrogen-bond donors (Lipinski definition) is 2. The molecule has 2 N–H and O–H groups in total. The van der Waals surface area contributed by atoms with Gasteiger partial charge in [0.15, 0.2) is 5.04 Å². The van der Waals surface area contributed by atoms with Crippen LogP contribution in [0.15, 0.2) is 73.5 Å². The minimum atomic E-state index is -4.03. The molecule has 0 bridgehead atoms. The first-order valence-electron chi connectivity index (χ1n) is 9.70. The molecule has 0 aliphatic rings. The van der Waals surface area contributed by atoms with Gasteiger partial charge in [0.1, 0.15) is 11.5 Å². The Hall–Kier alpha value is -3.10. The highest BCUT2D eigenvalue weighted by Crippen LogP contribution is 2.20. The maximum Gasteiger partial charge on any atom is 0.260 e. The van der Waals surface area contributed by atoms with Crippen LogP contribution in [0.1, 0.15) is 18.1 Å². The highest BCUT2D eigenvalue weighted by molar-refractivity contribution is 8.04. The number of benzene rings is 2. The van der Waals surface area contributed by atoms with E-state index in [1.807, 2.05) is 31.2 Å². The summed E-state index contributed by atoms with van der Waals surface area (Å²) in [5, 5.41) is 10.6.